The largest absolute Gasteiger partial charge is 0.444 e. The third-order valence-electron chi connectivity index (χ3n) is 7.23. The van der Waals surface area contributed by atoms with Crippen LogP contribution in [-0.4, -0.2) is 47.0 Å². The summed E-state index contributed by atoms with van der Waals surface area (Å²) >= 11 is 0. The lowest BCUT2D eigenvalue weighted by molar-refractivity contribution is -0.145. The van der Waals surface area contributed by atoms with E-state index in [4.69, 9.17) is 4.74 Å². The van der Waals surface area contributed by atoms with Crippen LogP contribution in [-0.2, 0) is 20.7 Å². The molecular formula is C36H53N3O4. The second-order valence-electron chi connectivity index (χ2n) is 12.7. The molecule has 43 heavy (non-hydrogen) atoms. The molecule has 0 bridgehead atoms. The van der Waals surface area contributed by atoms with Crippen molar-refractivity contribution in [1.82, 2.24) is 15.5 Å². The third kappa shape index (κ3) is 12.3. The Bertz CT molecular complexity index is 1170. The zero-order valence-electron chi connectivity index (χ0n) is 27.3. The minimum atomic E-state index is -0.947. The van der Waals surface area contributed by atoms with Crippen LogP contribution >= 0.6 is 0 Å². The van der Waals surface area contributed by atoms with Gasteiger partial charge in [-0.3, -0.25) is 9.59 Å². The number of amides is 3. The predicted molar refractivity (Wildman–Crippen MR) is 175 cm³/mol. The van der Waals surface area contributed by atoms with Crippen molar-refractivity contribution < 1.29 is 19.1 Å². The van der Waals surface area contributed by atoms with E-state index in [0.29, 0.717) is 24.4 Å². The number of ether oxygens (including phenoxy) is 1. The number of alkyl carbamates (subject to hydrolysis) is 1. The molecule has 3 unspecified atom stereocenters. The Labute approximate surface area is 259 Å². The van der Waals surface area contributed by atoms with Crippen LogP contribution in [0.15, 0.2) is 61.2 Å². The van der Waals surface area contributed by atoms with Crippen molar-refractivity contribution in [2.75, 3.05) is 6.54 Å². The van der Waals surface area contributed by atoms with Crippen molar-refractivity contribution in [3.05, 3.63) is 77.9 Å². The van der Waals surface area contributed by atoms with Gasteiger partial charge >= 0.3 is 6.09 Å². The zero-order valence-corrected chi connectivity index (χ0v) is 27.3. The minimum Gasteiger partial charge on any atom is -0.444 e. The van der Waals surface area contributed by atoms with Gasteiger partial charge in [0.25, 0.3) is 0 Å². The summed E-state index contributed by atoms with van der Waals surface area (Å²) in [6, 6.07) is 15.0. The van der Waals surface area contributed by atoms with Gasteiger partial charge in [0, 0.05) is 19.0 Å². The van der Waals surface area contributed by atoms with E-state index in [2.05, 4.69) is 38.0 Å². The molecule has 0 aromatic heterocycles. The maximum Gasteiger partial charge on any atom is 0.408 e. The van der Waals surface area contributed by atoms with E-state index in [1.165, 1.54) is 0 Å². The number of nitrogens with one attached hydrogen (secondary N) is 2. The van der Waals surface area contributed by atoms with E-state index >= 15 is 0 Å². The average molecular weight is 592 g/mol. The molecule has 0 radical (unpaired) electrons. The average Bonchev–Trinajstić information content (AvgIpc) is 2.95. The lowest BCUT2D eigenvalue weighted by Crippen LogP contribution is -2.56. The number of unbranched alkanes of at least 4 members (excludes halogenated alkanes) is 2. The first-order valence-electron chi connectivity index (χ1n) is 15.7. The van der Waals surface area contributed by atoms with Crippen LogP contribution in [0, 0.1) is 5.92 Å². The first-order chi connectivity index (χ1) is 20.4. The van der Waals surface area contributed by atoms with E-state index in [1.54, 1.807) is 31.7 Å². The van der Waals surface area contributed by atoms with E-state index in [0.717, 1.165) is 36.8 Å². The van der Waals surface area contributed by atoms with Crippen LogP contribution in [0.4, 0.5) is 4.79 Å². The van der Waals surface area contributed by atoms with Crippen molar-refractivity contribution in [2.45, 2.75) is 111 Å². The Kier molecular flexibility index (Phi) is 14.5. The fraction of sp³-hybridized carbons (Fsp3) is 0.528. The van der Waals surface area contributed by atoms with Crippen LogP contribution in [0.3, 0.4) is 0 Å². The van der Waals surface area contributed by atoms with Gasteiger partial charge in [-0.15, -0.1) is 0 Å². The molecule has 3 atom stereocenters. The Morgan fingerprint density at radius 1 is 0.977 bits per heavy atom. The normalized spacial score (nSPS) is 13.5. The summed E-state index contributed by atoms with van der Waals surface area (Å²) in [5.41, 5.74) is 1.71. The monoisotopic (exact) mass is 591 g/mol. The van der Waals surface area contributed by atoms with Crippen molar-refractivity contribution in [1.29, 1.82) is 0 Å². The molecule has 2 rings (SSSR count). The van der Waals surface area contributed by atoms with Gasteiger partial charge in [0.15, 0.2) is 0 Å². The molecule has 0 spiro atoms. The highest BCUT2D eigenvalue weighted by Crippen LogP contribution is 2.29. The quantitative estimate of drug-likeness (QED) is 0.198. The number of nitrogens with zero attached hydrogens (tertiary/aromatic N) is 1. The smallest absolute Gasteiger partial charge is 0.408 e. The van der Waals surface area contributed by atoms with Crippen LogP contribution in [0.1, 0.15) is 103 Å². The summed E-state index contributed by atoms with van der Waals surface area (Å²) in [5.74, 6) is -0.147. The lowest BCUT2D eigenvalue weighted by Gasteiger charge is -2.39. The number of benzene rings is 2. The first-order valence-corrected chi connectivity index (χ1v) is 15.7. The van der Waals surface area contributed by atoms with E-state index in [9.17, 15) is 14.4 Å². The molecule has 236 valence electrons. The minimum absolute atomic E-state index is 0.238. The topological polar surface area (TPSA) is 87.7 Å². The van der Waals surface area contributed by atoms with Crippen molar-refractivity contribution in [3.8, 4) is 0 Å². The number of rotatable bonds is 16. The third-order valence-corrected chi connectivity index (χ3v) is 7.23. The molecule has 0 fully saturated rings. The summed E-state index contributed by atoms with van der Waals surface area (Å²) < 4.78 is 5.56. The van der Waals surface area contributed by atoms with Gasteiger partial charge < -0.3 is 20.3 Å². The van der Waals surface area contributed by atoms with E-state index in [1.807, 2.05) is 61.5 Å². The predicted octanol–water partition coefficient (Wildman–Crippen LogP) is 7.47. The van der Waals surface area contributed by atoms with Crippen LogP contribution in [0.25, 0.3) is 6.08 Å². The van der Waals surface area contributed by atoms with Crippen molar-refractivity contribution >= 4 is 24.0 Å². The molecule has 0 aliphatic heterocycles. The summed E-state index contributed by atoms with van der Waals surface area (Å²) in [5, 5.41) is 5.95. The Balaban J connectivity index is 2.63. The Hall–Kier alpha value is -3.61. The van der Waals surface area contributed by atoms with Gasteiger partial charge in [0.05, 0.1) is 0 Å². The summed E-state index contributed by atoms with van der Waals surface area (Å²) in [4.78, 5) is 43.5. The Morgan fingerprint density at radius 2 is 1.67 bits per heavy atom. The molecule has 0 aliphatic carbocycles. The van der Waals surface area contributed by atoms with E-state index < -0.39 is 23.8 Å². The van der Waals surface area contributed by atoms with Crippen LogP contribution < -0.4 is 10.6 Å². The van der Waals surface area contributed by atoms with Gasteiger partial charge in [-0.2, -0.15) is 0 Å². The molecule has 2 N–H and O–H groups in total. The molecular weight excluding hydrogens is 538 g/mol. The summed E-state index contributed by atoms with van der Waals surface area (Å²) in [6.45, 7) is 18.2. The first kappa shape index (κ1) is 35.6. The fourth-order valence-corrected chi connectivity index (χ4v) is 4.97. The fourth-order valence-electron chi connectivity index (χ4n) is 4.97. The van der Waals surface area contributed by atoms with Crippen LogP contribution in [0.2, 0.25) is 0 Å². The highest BCUT2D eigenvalue weighted by Gasteiger charge is 2.39. The second kappa shape index (κ2) is 17.5. The van der Waals surface area contributed by atoms with Crippen LogP contribution in [0.5, 0.6) is 0 Å². The molecule has 7 nitrogen and oxygen atoms in total. The SMILES string of the molecule is C=Cc1cccc(C(C(=O)NCCCCC)N(C(=O)C(Cc2ccccc2)NC(=O)OC(C)(C)C)C(C)CCC(C)C)c1. The maximum absolute atomic E-state index is 14.7. The zero-order chi connectivity index (χ0) is 32.0. The molecule has 2 aromatic carbocycles. The standard InChI is InChI=1S/C36H53N3O4/c1-9-11-15-23-37-33(40)32(30-20-16-19-28(10-2)24-30)39(27(5)22-21-26(3)4)34(41)31(25-29-17-13-12-14-18-29)38-35(42)43-36(6,7)8/h10,12-14,16-20,24,26-27,31-32H,2,9,11,15,21-23,25H2,1,3-8H3,(H,37,40)(H,38,42). The van der Waals surface area contributed by atoms with Gasteiger partial charge in [-0.05, 0) is 75.6 Å². The van der Waals surface area contributed by atoms with Gasteiger partial charge in [-0.25, -0.2) is 4.79 Å². The molecule has 0 saturated carbocycles. The highest BCUT2D eigenvalue weighted by molar-refractivity contribution is 5.92. The molecule has 7 heteroatoms. The van der Waals surface area contributed by atoms with E-state index in [-0.39, 0.29) is 24.3 Å². The number of hydrogen-bond acceptors (Lipinski definition) is 4. The summed E-state index contributed by atoms with van der Waals surface area (Å²) in [6.07, 6.45) is 5.79. The maximum atomic E-state index is 14.7. The molecule has 0 saturated heterocycles. The number of carbonyl (C=O) groups is 3. The summed E-state index contributed by atoms with van der Waals surface area (Å²) in [7, 11) is 0. The molecule has 0 aliphatic rings. The lowest BCUT2D eigenvalue weighted by atomic mass is 9.95. The molecule has 2 aromatic rings. The van der Waals surface area contributed by atoms with Gasteiger partial charge in [0.2, 0.25) is 11.8 Å². The van der Waals surface area contributed by atoms with Gasteiger partial charge in [0.1, 0.15) is 17.7 Å². The second-order valence-corrected chi connectivity index (χ2v) is 12.7. The molecule has 0 heterocycles. The highest BCUT2D eigenvalue weighted by atomic mass is 16.6. The molecule has 3 amide bonds. The van der Waals surface area contributed by atoms with Gasteiger partial charge in [-0.1, -0.05) is 94.8 Å². The Morgan fingerprint density at radius 3 is 2.28 bits per heavy atom. The number of carbonyl (C=O) groups excluding carboxylic acids is 3. The van der Waals surface area contributed by atoms with Crippen molar-refractivity contribution in [2.24, 2.45) is 5.92 Å². The number of hydrogen-bond donors (Lipinski definition) is 2. The van der Waals surface area contributed by atoms with Crippen molar-refractivity contribution in [3.63, 3.8) is 0 Å².